The molecular weight excluding hydrogens is 242 g/mol. The number of carbonyl (C=O) groups excluding carboxylic acids is 1. The van der Waals surface area contributed by atoms with E-state index in [2.05, 4.69) is 20.4 Å². The summed E-state index contributed by atoms with van der Waals surface area (Å²) >= 11 is 0. The molecule has 104 valence electrons. The summed E-state index contributed by atoms with van der Waals surface area (Å²) in [4.78, 5) is 14.3. The number of amides is 1. The molecule has 1 saturated heterocycles. The molecule has 2 atom stereocenters. The van der Waals surface area contributed by atoms with Crippen LogP contribution >= 0.6 is 0 Å². The Morgan fingerprint density at radius 2 is 2.05 bits per heavy atom. The fourth-order valence-corrected chi connectivity index (χ4v) is 3.45. The number of piperidine rings is 1. The van der Waals surface area contributed by atoms with E-state index in [1.807, 2.05) is 6.92 Å². The van der Waals surface area contributed by atoms with E-state index in [0.717, 1.165) is 30.7 Å². The lowest BCUT2D eigenvalue weighted by atomic mass is 9.78. The Labute approximate surface area is 113 Å². The van der Waals surface area contributed by atoms with E-state index in [9.17, 15) is 4.79 Å². The third kappa shape index (κ3) is 2.77. The van der Waals surface area contributed by atoms with E-state index < -0.39 is 0 Å². The van der Waals surface area contributed by atoms with Crippen molar-refractivity contribution in [3.63, 3.8) is 0 Å². The number of carbonyl (C=O) groups is 1. The van der Waals surface area contributed by atoms with Gasteiger partial charge in [0.05, 0.1) is 6.54 Å². The predicted octanol–water partition coefficient (Wildman–Crippen LogP) is 1.02. The van der Waals surface area contributed by atoms with E-state index >= 15 is 0 Å². The minimum absolute atomic E-state index is 0.256. The molecule has 6 heteroatoms. The van der Waals surface area contributed by atoms with E-state index in [1.165, 1.54) is 25.7 Å². The number of aryl methyl sites for hydroxylation is 2. The average molecular weight is 263 g/mol. The highest BCUT2D eigenvalue weighted by Gasteiger charge is 2.32. The number of hydrogen-bond acceptors (Lipinski definition) is 4. The van der Waals surface area contributed by atoms with E-state index in [1.54, 1.807) is 4.68 Å². The van der Waals surface area contributed by atoms with Gasteiger partial charge in [-0.25, -0.2) is 4.68 Å². The third-order valence-corrected chi connectivity index (χ3v) is 4.45. The van der Waals surface area contributed by atoms with Gasteiger partial charge in [-0.05, 0) is 48.4 Å². The highest BCUT2D eigenvalue weighted by atomic mass is 16.2. The summed E-state index contributed by atoms with van der Waals surface area (Å²) in [6.07, 6.45) is 5.78. The van der Waals surface area contributed by atoms with Gasteiger partial charge in [-0.3, -0.25) is 4.79 Å². The number of aromatic nitrogens is 4. The molecule has 0 radical (unpaired) electrons. The van der Waals surface area contributed by atoms with E-state index in [4.69, 9.17) is 0 Å². The molecule has 1 aliphatic heterocycles. The second-order valence-electron chi connectivity index (χ2n) is 5.90. The van der Waals surface area contributed by atoms with Crippen LogP contribution in [0.5, 0.6) is 0 Å². The summed E-state index contributed by atoms with van der Waals surface area (Å²) in [5, 5.41) is 11.3. The zero-order valence-electron chi connectivity index (χ0n) is 11.5. The number of likely N-dealkylation sites (tertiary alicyclic amines) is 1. The maximum Gasteiger partial charge on any atom is 0.224 e. The molecule has 6 nitrogen and oxygen atoms in total. The quantitative estimate of drug-likeness (QED) is 0.816. The summed E-state index contributed by atoms with van der Waals surface area (Å²) in [5.74, 6) is 2.51. The molecule has 1 saturated carbocycles. The van der Waals surface area contributed by atoms with Gasteiger partial charge in [-0.15, -0.1) is 5.10 Å². The van der Waals surface area contributed by atoms with Crippen LogP contribution in [0.1, 0.15) is 37.9 Å². The Balaban J connectivity index is 1.54. The van der Waals surface area contributed by atoms with Crippen LogP contribution in [0.4, 0.5) is 0 Å². The van der Waals surface area contributed by atoms with Crippen molar-refractivity contribution in [2.75, 3.05) is 13.1 Å². The normalized spacial score (nSPS) is 26.5. The van der Waals surface area contributed by atoms with Gasteiger partial charge in [-0.2, -0.15) is 0 Å². The lowest BCUT2D eigenvalue weighted by Crippen LogP contribution is -2.45. The number of hydrogen-bond donors (Lipinski definition) is 0. The standard InChI is InChI=1S/C13H21N5O/c1-10-14-15-16-18(10)6-5-13(19)17-8-11-3-2-4-12(7-11)9-17/h11-12H,2-9H2,1H3/t11-,12-/m0/s1. The lowest BCUT2D eigenvalue weighted by Gasteiger charge is -2.41. The molecular formula is C13H21N5O. The third-order valence-electron chi connectivity index (χ3n) is 4.45. The summed E-state index contributed by atoms with van der Waals surface area (Å²) in [7, 11) is 0. The van der Waals surface area contributed by atoms with Crippen LogP contribution in [-0.4, -0.2) is 44.1 Å². The second-order valence-corrected chi connectivity index (χ2v) is 5.90. The van der Waals surface area contributed by atoms with Crippen LogP contribution < -0.4 is 0 Å². The number of fused-ring (bicyclic) bond motifs is 2. The first-order valence-corrected chi connectivity index (χ1v) is 7.23. The summed E-state index contributed by atoms with van der Waals surface area (Å²) in [5.41, 5.74) is 0. The molecule has 0 unspecified atom stereocenters. The molecule has 0 spiro atoms. The van der Waals surface area contributed by atoms with Crippen molar-refractivity contribution in [3.05, 3.63) is 5.82 Å². The van der Waals surface area contributed by atoms with Crippen molar-refractivity contribution in [1.82, 2.24) is 25.1 Å². The topological polar surface area (TPSA) is 63.9 Å². The Morgan fingerprint density at radius 1 is 1.32 bits per heavy atom. The largest absolute Gasteiger partial charge is 0.342 e. The molecule has 2 fully saturated rings. The van der Waals surface area contributed by atoms with Gasteiger partial charge < -0.3 is 4.90 Å². The van der Waals surface area contributed by atoms with Crippen molar-refractivity contribution in [3.8, 4) is 0 Å². The van der Waals surface area contributed by atoms with Crippen molar-refractivity contribution in [1.29, 1.82) is 0 Å². The fraction of sp³-hybridized carbons (Fsp3) is 0.846. The smallest absolute Gasteiger partial charge is 0.224 e. The molecule has 2 aliphatic rings. The van der Waals surface area contributed by atoms with Gasteiger partial charge in [0.25, 0.3) is 0 Å². The SMILES string of the molecule is Cc1nnnn1CCC(=O)N1C[C@H]2CCC[C@@H](C2)C1. The average Bonchev–Trinajstić information content (AvgIpc) is 2.81. The minimum atomic E-state index is 0.256. The maximum atomic E-state index is 12.3. The number of tetrazole rings is 1. The zero-order chi connectivity index (χ0) is 13.2. The van der Waals surface area contributed by atoms with Crippen molar-refractivity contribution < 1.29 is 4.79 Å². The molecule has 3 rings (SSSR count). The first kappa shape index (κ1) is 12.6. The van der Waals surface area contributed by atoms with Gasteiger partial charge in [0.15, 0.2) is 0 Å². The Kier molecular flexibility index (Phi) is 3.48. The van der Waals surface area contributed by atoms with Crippen LogP contribution in [0.25, 0.3) is 0 Å². The molecule has 0 aromatic carbocycles. The van der Waals surface area contributed by atoms with Crippen LogP contribution in [0.15, 0.2) is 0 Å². The first-order chi connectivity index (χ1) is 9.22. The van der Waals surface area contributed by atoms with Crippen LogP contribution in [0.3, 0.4) is 0 Å². The molecule has 1 amide bonds. The summed E-state index contributed by atoms with van der Waals surface area (Å²) < 4.78 is 1.70. The Bertz CT molecular complexity index is 446. The molecule has 0 N–H and O–H groups in total. The van der Waals surface area contributed by atoms with Gasteiger partial charge in [0, 0.05) is 19.5 Å². The number of nitrogens with zero attached hydrogens (tertiary/aromatic N) is 5. The predicted molar refractivity (Wildman–Crippen MR) is 69.2 cm³/mol. The van der Waals surface area contributed by atoms with Crippen LogP contribution in [-0.2, 0) is 11.3 Å². The van der Waals surface area contributed by atoms with Crippen LogP contribution in [0, 0.1) is 18.8 Å². The minimum Gasteiger partial charge on any atom is -0.342 e. The summed E-state index contributed by atoms with van der Waals surface area (Å²) in [6.45, 7) is 4.37. The van der Waals surface area contributed by atoms with Gasteiger partial charge in [-0.1, -0.05) is 6.42 Å². The Hall–Kier alpha value is -1.46. The van der Waals surface area contributed by atoms with E-state index in [0.29, 0.717) is 13.0 Å². The van der Waals surface area contributed by atoms with Crippen LogP contribution in [0.2, 0.25) is 0 Å². The van der Waals surface area contributed by atoms with Gasteiger partial charge in [0.1, 0.15) is 5.82 Å². The van der Waals surface area contributed by atoms with Gasteiger partial charge >= 0.3 is 0 Å². The molecule has 1 aliphatic carbocycles. The molecule has 1 aromatic heterocycles. The van der Waals surface area contributed by atoms with E-state index in [-0.39, 0.29) is 5.91 Å². The van der Waals surface area contributed by atoms with Gasteiger partial charge in [0.2, 0.25) is 5.91 Å². The lowest BCUT2D eigenvalue weighted by molar-refractivity contribution is -0.135. The molecule has 2 bridgehead atoms. The number of rotatable bonds is 3. The van der Waals surface area contributed by atoms with Crippen molar-refractivity contribution in [2.24, 2.45) is 11.8 Å². The van der Waals surface area contributed by atoms with Crippen molar-refractivity contribution >= 4 is 5.91 Å². The fourth-order valence-electron chi connectivity index (χ4n) is 3.45. The molecule has 19 heavy (non-hydrogen) atoms. The monoisotopic (exact) mass is 263 g/mol. The second kappa shape index (κ2) is 5.27. The first-order valence-electron chi connectivity index (χ1n) is 7.23. The molecule has 1 aromatic rings. The summed E-state index contributed by atoms with van der Waals surface area (Å²) in [6, 6.07) is 0. The highest BCUT2D eigenvalue weighted by Crippen LogP contribution is 2.34. The zero-order valence-corrected chi connectivity index (χ0v) is 11.5. The maximum absolute atomic E-state index is 12.3. The van der Waals surface area contributed by atoms with Crippen molar-refractivity contribution in [2.45, 2.75) is 45.6 Å². The Morgan fingerprint density at radius 3 is 2.68 bits per heavy atom. The highest BCUT2D eigenvalue weighted by molar-refractivity contribution is 5.76. The molecule has 2 heterocycles.